The fourth-order valence-electron chi connectivity index (χ4n) is 6.11. The molecule has 0 unspecified atom stereocenters. The van der Waals surface area contributed by atoms with E-state index in [1.165, 1.54) is 5.57 Å². The SMILES string of the molecule is COc1ccc(-c2ccc(C(=O)N3CC=C4C(C)(C)C(c5ccc(C(=O)O)cc5)=CC[C@]4(C)C3)c(=O)[nH]2)cc1. The number of methoxy groups -OCH3 is 1. The zero-order chi connectivity index (χ0) is 27.9. The third-order valence-corrected chi connectivity index (χ3v) is 8.08. The van der Waals surface area contributed by atoms with Crippen LogP contribution in [0.25, 0.3) is 16.8 Å². The molecular weight excluding hydrogens is 492 g/mol. The number of fused-ring (bicyclic) bond motifs is 1. The van der Waals surface area contributed by atoms with Gasteiger partial charge >= 0.3 is 5.97 Å². The Labute approximate surface area is 227 Å². The quantitative estimate of drug-likeness (QED) is 0.420. The molecule has 0 bridgehead atoms. The summed E-state index contributed by atoms with van der Waals surface area (Å²) in [5.41, 5.74) is 4.25. The van der Waals surface area contributed by atoms with Gasteiger partial charge in [0.1, 0.15) is 11.3 Å². The molecule has 5 rings (SSSR count). The Kier molecular flexibility index (Phi) is 6.54. The van der Waals surface area contributed by atoms with E-state index in [0.717, 1.165) is 28.9 Å². The van der Waals surface area contributed by atoms with Crippen LogP contribution in [0.3, 0.4) is 0 Å². The maximum absolute atomic E-state index is 13.5. The maximum Gasteiger partial charge on any atom is 0.335 e. The highest BCUT2D eigenvalue weighted by Crippen LogP contribution is 2.55. The molecule has 7 nitrogen and oxygen atoms in total. The van der Waals surface area contributed by atoms with Gasteiger partial charge in [-0.25, -0.2) is 4.79 Å². The van der Waals surface area contributed by atoms with Gasteiger partial charge in [0.15, 0.2) is 0 Å². The molecular formula is C32H32N2O5. The van der Waals surface area contributed by atoms with Crippen LogP contribution < -0.4 is 10.3 Å². The van der Waals surface area contributed by atoms with Crippen molar-refractivity contribution in [2.24, 2.45) is 10.8 Å². The molecule has 0 fully saturated rings. The van der Waals surface area contributed by atoms with Crippen LogP contribution in [0.1, 0.15) is 53.5 Å². The molecule has 2 N–H and O–H groups in total. The van der Waals surface area contributed by atoms with E-state index in [2.05, 4.69) is 37.9 Å². The first-order valence-electron chi connectivity index (χ1n) is 13.0. The number of aromatic nitrogens is 1. The third-order valence-electron chi connectivity index (χ3n) is 8.08. The lowest BCUT2D eigenvalue weighted by atomic mass is 9.58. The Morgan fingerprint density at radius 1 is 0.923 bits per heavy atom. The van der Waals surface area contributed by atoms with E-state index >= 15 is 0 Å². The fourth-order valence-corrected chi connectivity index (χ4v) is 6.11. The number of nitrogens with one attached hydrogen (secondary N) is 1. The Hall–Kier alpha value is -4.39. The first-order chi connectivity index (χ1) is 18.5. The highest BCUT2D eigenvalue weighted by Gasteiger charge is 2.46. The number of carbonyl (C=O) groups is 2. The maximum atomic E-state index is 13.5. The molecule has 0 radical (unpaired) electrons. The largest absolute Gasteiger partial charge is 0.497 e. The monoisotopic (exact) mass is 524 g/mol. The van der Waals surface area contributed by atoms with Gasteiger partial charge in [-0.05, 0) is 71.7 Å². The Balaban J connectivity index is 1.38. The van der Waals surface area contributed by atoms with Gasteiger partial charge in [0, 0.05) is 29.6 Å². The topological polar surface area (TPSA) is 99.7 Å². The molecule has 1 aliphatic heterocycles. The number of benzene rings is 2. The van der Waals surface area contributed by atoms with E-state index in [1.54, 1.807) is 36.3 Å². The summed E-state index contributed by atoms with van der Waals surface area (Å²) in [6.07, 6.45) is 5.06. The molecule has 0 spiro atoms. The molecule has 2 heterocycles. The van der Waals surface area contributed by atoms with Crippen LogP contribution in [0.5, 0.6) is 5.75 Å². The van der Waals surface area contributed by atoms with Crippen LogP contribution in [-0.2, 0) is 0 Å². The first-order valence-corrected chi connectivity index (χ1v) is 13.0. The van der Waals surface area contributed by atoms with Crippen molar-refractivity contribution in [1.29, 1.82) is 0 Å². The van der Waals surface area contributed by atoms with E-state index in [1.807, 2.05) is 36.4 Å². The molecule has 2 aliphatic rings. The lowest BCUT2D eigenvalue weighted by molar-refractivity contribution is 0.0677. The standard InChI is InChI=1S/C32H32N2O5/c1-31(2)25(20-5-7-22(8-6-20)30(37)38)15-17-32(3)19-34(18-16-27(31)32)29(36)24-13-14-26(33-28(24)35)21-9-11-23(39-4)12-10-21/h5-16H,17-19H2,1-4H3,(H,33,35)(H,37,38)/t32-/m1/s1. The van der Waals surface area contributed by atoms with Crippen molar-refractivity contribution in [1.82, 2.24) is 9.88 Å². The van der Waals surface area contributed by atoms with Crippen molar-refractivity contribution in [3.8, 4) is 17.0 Å². The number of H-pyrrole nitrogens is 1. The van der Waals surface area contributed by atoms with Crippen LogP contribution >= 0.6 is 0 Å². The third kappa shape index (κ3) is 4.69. The lowest BCUT2D eigenvalue weighted by Crippen LogP contribution is -2.49. The van der Waals surface area contributed by atoms with Gasteiger partial charge in [0.2, 0.25) is 0 Å². The number of pyridine rings is 1. The Bertz CT molecular complexity index is 1560. The average Bonchev–Trinajstić information content (AvgIpc) is 2.92. The number of aromatic amines is 1. The molecule has 2 aromatic carbocycles. The summed E-state index contributed by atoms with van der Waals surface area (Å²) in [7, 11) is 1.60. The minimum atomic E-state index is -0.944. The number of hydrogen-bond donors (Lipinski definition) is 2. The second-order valence-electron chi connectivity index (χ2n) is 11.0. The van der Waals surface area contributed by atoms with E-state index in [0.29, 0.717) is 18.8 Å². The Morgan fingerprint density at radius 2 is 1.59 bits per heavy atom. The number of carbonyl (C=O) groups excluding carboxylic acids is 1. The van der Waals surface area contributed by atoms with Crippen molar-refractivity contribution < 1.29 is 19.4 Å². The van der Waals surface area contributed by atoms with E-state index in [-0.39, 0.29) is 27.9 Å². The van der Waals surface area contributed by atoms with Crippen LogP contribution in [0.15, 0.2) is 83.2 Å². The average molecular weight is 525 g/mol. The number of carboxylic acid groups (broad SMARTS) is 1. The van der Waals surface area contributed by atoms with Gasteiger partial charge < -0.3 is 19.7 Å². The Morgan fingerprint density at radius 3 is 2.21 bits per heavy atom. The molecule has 1 aliphatic carbocycles. The summed E-state index contributed by atoms with van der Waals surface area (Å²) >= 11 is 0. The zero-order valence-corrected chi connectivity index (χ0v) is 22.6. The van der Waals surface area contributed by atoms with Gasteiger partial charge in [0.05, 0.1) is 12.7 Å². The summed E-state index contributed by atoms with van der Waals surface area (Å²) in [5.74, 6) is -0.506. The van der Waals surface area contributed by atoms with Gasteiger partial charge in [0.25, 0.3) is 11.5 Å². The van der Waals surface area contributed by atoms with Crippen LogP contribution in [0.4, 0.5) is 0 Å². The van der Waals surface area contributed by atoms with Crippen LogP contribution in [0.2, 0.25) is 0 Å². The van der Waals surface area contributed by atoms with Crippen molar-refractivity contribution in [3.63, 3.8) is 0 Å². The lowest BCUT2D eigenvalue weighted by Gasteiger charge is -2.50. The summed E-state index contributed by atoms with van der Waals surface area (Å²) in [6, 6.07) is 17.7. The van der Waals surface area contributed by atoms with Crippen LogP contribution in [-0.4, -0.2) is 47.1 Å². The summed E-state index contributed by atoms with van der Waals surface area (Å²) in [4.78, 5) is 42.3. The molecule has 1 amide bonds. The number of ether oxygens (including phenoxy) is 1. The number of allylic oxidation sites excluding steroid dienone is 2. The van der Waals surface area contributed by atoms with Crippen molar-refractivity contribution in [3.05, 3.63) is 105 Å². The number of hydrogen-bond acceptors (Lipinski definition) is 4. The van der Waals surface area contributed by atoms with Gasteiger partial charge in [-0.1, -0.05) is 50.6 Å². The normalized spacial score (nSPS) is 19.9. The second kappa shape index (κ2) is 9.73. The zero-order valence-electron chi connectivity index (χ0n) is 22.6. The molecule has 39 heavy (non-hydrogen) atoms. The summed E-state index contributed by atoms with van der Waals surface area (Å²) < 4.78 is 5.20. The van der Waals surface area contributed by atoms with Gasteiger partial charge in [-0.3, -0.25) is 9.59 Å². The minimum absolute atomic E-state index is 0.123. The number of amides is 1. The van der Waals surface area contributed by atoms with E-state index in [9.17, 15) is 19.5 Å². The first kappa shape index (κ1) is 26.2. The number of rotatable bonds is 5. The molecule has 200 valence electrons. The smallest absolute Gasteiger partial charge is 0.335 e. The predicted octanol–water partition coefficient (Wildman–Crippen LogP) is 5.65. The molecule has 7 heteroatoms. The fraction of sp³-hybridized carbons (Fsp3) is 0.281. The van der Waals surface area contributed by atoms with E-state index in [4.69, 9.17) is 4.74 Å². The van der Waals surface area contributed by atoms with Gasteiger partial charge in [-0.15, -0.1) is 0 Å². The van der Waals surface area contributed by atoms with Crippen molar-refractivity contribution in [2.45, 2.75) is 27.2 Å². The highest BCUT2D eigenvalue weighted by molar-refractivity contribution is 5.94. The van der Waals surface area contributed by atoms with Gasteiger partial charge in [-0.2, -0.15) is 0 Å². The highest BCUT2D eigenvalue weighted by atomic mass is 16.5. The molecule has 0 saturated carbocycles. The van der Waals surface area contributed by atoms with Crippen LogP contribution in [0, 0.1) is 10.8 Å². The number of aromatic carboxylic acids is 1. The van der Waals surface area contributed by atoms with E-state index < -0.39 is 11.5 Å². The summed E-state index contributed by atoms with van der Waals surface area (Å²) in [5, 5.41) is 9.25. The van der Waals surface area contributed by atoms with Crippen molar-refractivity contribution >= 4 is 17.4 Å². The minimum Gasteiger partial charge on any atom is -0.497 e. The summed E-state index contributed by atoms with van der Waals surface area (Å²) in [6.45, 7) is 7.43. The molecule has 3 aromatic rings. The van der Waals surface area contributed by atoms with Crippen molar-refractivity contribution in [2.75, 3.05) is 20.2 Å². The second-order valence-corrected chi connectivity index (χ2v) is 11.0. The molecule has 0 saturated heterocycles. The predicted molar refractivity (Wildman–Crippen MR) is 151 cm³/mol. The number of carboxylic acids is 1. The molecule has 1 aromatic heterocycles. The molecule has 1 atom stereocenters. The number of nitrogens with zero attached hydrogens (tertiary/aromatic N) is 1.